The molecule has 0 atom stereocenters. The second-order valence-corrected chi connectivity index (χ2v) is 20.1. The molecule has 0 aromatic heterocycles. The van der Waals surface area contributed by atoms with Gasteiger partial charge in [-0.25, -0.2) is 50.5 Å². The fourth-order valence-electron chi connectivity index (χ4n) is 4.69. The summed E-state index contributed by atoms with van der Waals surface area (Å²) in [5.74, 6) is -3.48. The van der Waals surface area contributed by atoms with E-state index in [1.165, 1.54) is 0 Å². The van der Waals surface area contributed by atoms with Gasteiger partial charge in [-0.15, -0.1) is 15.3 Å². The van der Waals surface area contributed by atoms with Gasteiger partial charge in [0.15, 0.2) is 25.4 Å². The Morgan fingerprint density at radius 1 is 0.613 bits per heavy atom. The molecule has 0 aliphatic heterocycles. The van der Waals surface area contributed by atoms with Gasteiger partial charge >= 0.3 is 88.7 Å². The zero-order valence-electron chi connectivity index (χ0n) is 32.5. The summed E-state index contributed by atoms with van der Waals surface area (Å²) in [5.41, 5.74) is 2.71. The fourth-order valence-corrected chi connectivity index (χ4v) is 8.97. The molecule has 0 heterocycles. The Labute approximate surface area is 442 Å². The van der Waals surface area contributed by atoms with E-state index in [9.17, 15) is 73.8 Å². The minimum atomic E-state index is -5.61. The summed E-state index contributed by atoms with van der Waals surface area (Å²) in [6, 6.07) is 7.73. The third-order valence-corrected chi connectivity index (χ3v) is 13.2. The normalized spacial score (nSPS) is 12.6. The van der Waals surface area contributed by atoms with E-state index in [2.05, 4.69) is 28.8 Å². The molecule has 0 aliphatic carbocycles. The van der Waals surface area contributed by atoms with Gasteiger partial charge in [-0.1, -0.05) is 0 Å². The molecule has 317 valence electrons. The van der Waals surface area contributed by atoms with Gasteiger partial charge in [-0.3, -0.25) is 8.37 Å². The number of aromatic hydroxyl groups is 1. The Hall–Kier alpha value is -0.800. The van der Waals surface area contributed by atoms with Crippen LogP contribution in [-0.2, 0) is 69.1 Å². The molecule has 4 rings (SSSR count). The van der Waals surface area contributed by atoms with Crippen LogP contribution in [0.5, 0.6) is 11.5 Å². The molecule has 0 amide bonds. The second kappa shape index (κ2) is 23.8. The number of phenols is 1. The number of ether oxygens (including phenoxy) is 1. The maximum Gasteiger partial charge on any atom is 1.00 e. The molecule has 0 bridgehead atoms. The third kappa shape index (κ3) is 16.5. The van der Waals surface area contributed by atoms with E-state index in [1.807, 2.05) is 0 Å². The summed E-state index contributed by atoms with van der Waals surface area (Å²) < 4.78 is 200. The molecule has 35 heteroatoms. The van der Waals surface area contributed by atoms with Crippen LogP contribution in [0.2, 0.25) is 0 Å². The van der Waals surface area contributed by atoms with Crippen molar-refractivity contribution in [1.82, 2.24) is 0 Å². The van der Waals surface area contributed by atoms with Gasteiger partial charge in [0, 0.05) is 35.6 Å². The van der Waals surface area contributed by atoms with Crippen molar-refractivity contribution in [2.45, 2.75) is 19.6 Å². The zero-order valence-corrected chi connectivity index (χ0v) is 45.4. The molecule has 1 radical (unpaired) electrons. The van der Waals surface area contributed by atoms with Crippen LogP contribution in [0, 0.1) is 0 Å². The van der Waals surface area contributed by atoms with Gasteiger partial charge in [0.25, 0.3) is 0 Å². The van der Waals surface area contributed by atoms with Crippen LogP contribution in [0.3, 0.4) is 0 Å². The van der Waals surface area contributed by atoms with Crippen LogP contribution < -0.4 is 99.1 Å². The predicted octanol–water partition coefficient (Wildman–Crippen LogP) is -8.09. The van der Waals surface area contributed by atoms with Crippen LogP contribution >= 0.6 is 0 Å². The number of benzene rings is 4. The predicted molar refractivity (Wildman–Crippen MR) is 195 cm³/mol. The SMILES string of the molecule is COc1cc(S(=O)(=O)CCOS(=O)(=O)[O-])ccc1N=Nc1c(S(=O)(=O)[O-])cc2cc(S(=O)(=O)[O-])c(N=Nc3ccc(S(=O)(=O)CCOS(=O)(=O)[O-])cc3)c(N)c2c1O.[Na+].[Na+].[Na+].[Na]. The van der Waals surface area contributed by atoms with E-state index in [0.29, 0.717) is 12.1 Å². The molecule has 4 aromatic carbocycles. The summed E-state index contributed by atoms with van der Waals surface area (Å²) in [4.78, 5) is -3.43. The van der Waals surface area contributed by atoms with Crippen molar-refractivity contribution in [3.63, 3.8) is 0 Å². The topological polar surface area (TPSA) is 420 Å². The number of phenolic OH excluding ortho intramolecular Hbond substituents is 1. The van der Waals surface area contributed by atoms with Crippen LogP contribution in [0.25, 0.3) is 10.8 Å². The molecule has 25 nitrogen and oxygen atoms in total. The summed E-state index contributed by atoms with van der Waals surface area (Å²) in [6.07, 6.45) is 0. The first kappa shape index (κ1) is 61.2. The summed E-state index contributed by atoms with van der Waals surface area (Å²) in [5, 5.41) is 24.7. The summed E-state index contributed by atoms with van der Waals surface area (Å²) in [7, 11) is -29.0. The molecule has 0 saturated carbocycles. The van der Waals surface area contributed by atoms with E-state index in [4.69, 9.17) is 10.5 Å². The minimum absolute atomic E-state index is 0. The molecule has 62 heavy (non-hydrogen) atoms. The van der Waals surface area contributed by atoms with Crippen molar-refractivity contribution in [3.8, 4) is 11.5 Å². The smallest absolute Gasteiger partial charge is 0.744 e. The number of fused-ring (bicyclic) bond motifs is 1. The van der Waals surface area contributed by atoms with E-state index >= 15 is 0 Å². The Bertz CT molecular complexity index is 3050. The maximum atomic E-state index is 12.6. The molecular weight excluding hydrogens is 999 g/mol. The molecule has 0 aliphatic rings. The van der Waals surface area contributed by atoms with E-state index < -0.39 is 139 Å². The van der Waals surface area contributed by atoms with Gasteiger partial charge < -0.3 is 33.8 Å². The van der Waals surface area contributed by atoms with Crippen molar-refractivity contribution >= 4 is 129 Å². The number of anilines is 1. The number of sulfone groups is 2. The number of nitrogens with two attached hydrogens (primary N) is 1. The average molecular weight is 1020 g/mol. The van der Waals surface area contributed by atoms with Crippen LogP contribution in [-0.4, -0.2) is 135 Å². The van der Waals surface area contributed by atoms with Crippen molar-refractivity contribution in [2.75, 3.05) is 37.6 Å². The molecule has 0 spiro atoms. The van der Waals surface area contributed by atoms with Crippen LogP contribution in [0.4, 0.5) is 28.4 Å². The van der Waals surface area contributed by atoms with Crippen molar-refractivity contribution in [2.24, 2.45) is 20.5 Å². The monoisotopic (exact) mass is 1020 g/mol. The fraction of sp³-hybridized carbons (Fsp3) is 0.185. The van der Waals surface area contributed by atoms with Crippen LogP contribution in [0.15, 0.2) is 94.6 Å². The molecule has 0 unspecified atom stereocenters. The number of methoxy groups -OCH3 is 1. The quantitative estimate of drug-likeness (QED) is 0.0326. The molecule has 4 aromatic rings. The summed E-state index contributed by atoms with van der Waals surface area (Å²) in [6.45, 7) is -2.02. The number of azo groups is 2. The van der Waals surface area contributed by atoms with Gasteiger partial charge in [0.05, 0.1) is 68.2 Å². The largest absolute Gasteiger partial charge is 1.00 e. The first-order chi connectivity index (χ1) is 26.5. The molecular formula is C27H23N5Na4O20S6-. The van der Waals surface area contributed by atoms with E-state index in [-0.39, 0.29) is 135 Å². The van der Waals surface area contributed by atoms with Crippen molar-refractivity contribution in [1.29, 1.82) is 0 Å². The molecule has 0 saturated heterocycles. The Morgan fingerprint density at radius 2 is 1.05 bits per heavy atom. The second-order valence-electron chi connectivity index (χ2n) is 11.0. The van der Waals surface area contributed by atoms with E-state index in [1.54, 1.807) is 0 Å². The number of nitrogen functional groups attached to an aromatic ring is 1. The minimum Gasteiger partial charge on any atom is -0.744 e. The number of hydrogen-bond donors (Lipinski definition) is 2. The maximum absolute atomic E-state index is 12.6. The van der Waals surface area contributed by atoms with Gasteiger partial charge in [-0.2, -0.15) is 5.11 Å². The zero-order chi connectivity index (χ0) is 43.6. The summed E-state index contributed by atoms with van der Waals surface area (Å²) >= 11 is 0. The number of hydrogen-bond acceptors (Lipinski definition) is 25. The van der Waals surface area contributed by atoms with Crippen molar-refractivity contribution in [3.05, 3.63) is 54.6 Å². The van der Waals surface area contributed by atoms with Gasteiger partial charge in [-0.05, 0) is 53.9 Å². The number of rotatable bonds is 17. The van der Waals surface area contributed by atoms with Gasteiger partial charge in [0.2, 0.25) is 20.8 Å². The van der Waals surface area contributed by atoms with Crippen LogP contribution in [0.1, 0.15) is 0 Å². The Kier molecular flexibility index (Phi) is 23.5. The molecule has 0 fully saturated rings. The first-order valence-electron chi connectivity index (χ1n) is 14.9. The third-order valence-electron chi connectivity index (χ3n) is 7.24. The number of nitrogens with zero attached hydrogens (tertiary/aromatic N) is 4. The first-order valence-corrected chi connectivity index (χ1v) is 23.6. The van der Waals surface area contributed by atoms with E-state index in [0.717, 1.165) is 49.6 Å². The van der Waals surface area contributed by atoms with Crippen molar-refractivity contribution < 1.29 is 176 Å². The standard InChI is InChI=1S/C27H27N5O20S6.4Na/c1-50-20-14-18(54(36,37)11-9-52-58(47,48)49)6-7-19(20)30-32-26-22(56(41,42)43)13-15-12-21(55(38,39)40)25(24(28)23(15)27(26)33)31-29-16-2-4-17(5-3-16)53(34,35)10-8-51-57(44,45)46;;;;/h2-7,12-14,33H,8-11,28H2,1H3,(H,38,39,40)(H,41,42,43)(H,44,45,46)(H,47,48,49);;;;/q;;3*+1/p-4. The molecule has 3 N–H and O–H groups in total. The average Bonchev–Trinajstić information content (AvgIpc) is 3.08. The Morgan fingerprint density at radius 3 is 1.50 bits per heavy atom. The van der Waals surface area contributed by atoms with Gasteiger partial charge in [0.1, 0.15) is 43.0 Å². The Balaban J connectivity index is 0.00000930.